The molecule has 0 saturated carbocycles. The number of benzene rings is 1. The lowest BCUT2D eigenvalue weighted by molar-refractivity contribution is 0.264. The molecule has 3 rings (SSSR count). The maximum Gasteiger partial charge on any atom is 0.367 e. The first-order valence-corrected chi connectivity index (χ1v) is 12.5. The van der Waals surface area contributed by atoms with Crippen molar-refractivity contribution in [2.75, 3.05) is 12.4 Å². The van der Waals surface area contributed by atoms with Gasteiger partial charge in [0.25, 0.3) is 0 Å². The zero-order chi connectivity index (χ0) is 23.9. The Hall–Kier alpha value is -2.61. The summed E-state index contributed by atoms with van der Waals surface area (Å²) in [6.45, 7) is 5.69. The van der Waals surface area contributed by atoms with Crippen LogP contribution >= 0.6 is 11.6 Å². The van der Waals surface area contributed by atoms with Crippen molar-refractivity contribution in [2.24, 2.45) is 14.2 Å². The van der Waals surface area contributed by atoms with Crippen LogP contribution in [0.4, 0.5) is 5.69 Å². The van der Waals surface area contributed by atoms with Crippen LogP contribution in [-0.2, 0) is 20.2 Å². The molecule has 0 saturated heterocycles. The first-order valence-electron chi connectivity index (χ1n) is 9.22. The fraction of sp³-hybridized carbons (Fsp3) is 0.333. The van der Waals surface area contributed by atoms with Crippen LogP contribution in [0.2, 0.25) is 5.02 Å². The summed E-state index contributed by atoms with van der Waals surface area (Å²) in [5.74, 6) is -0.540. The molecule has 0 fully saturated rings. The lowest BCUT2D eigenvalue weighted by Crippen LogP contribution is -2.41. The van der Waals surface area contributed by atoms with Gasteiger partial charge in [0.2, 0.25) is 10.0 Å². The van der Waals surface area contributed by atoms with Crippen molar-refractivity contribution >= 4 is 49.2 Å². The summed E-state index contributed by atoms with van der Waals surface area (Å²) in [6, 6.07) is 4.98. The lowest BCUT2D eigenvalue weighted by atomic mass is 9.85. The maximum atomic E-state index is 12.1. The van der Waals surface area contributed by atoms with Gasteiger partial charge in [-0.15, -0.1) is 8.80 Å². The van der Waals surface area contributed by atoms with Crippen molar-refractivity contribution < 1.29 is 26.4 Å². The standard InChI is InChI=1S/C18H22ClN5O6S2/c1-18(2,3)15(12-8-10(19)9-30-12)22-17-16(23-32(28,29)24-17)21-11-6-5-7-13(14(11)25)31(26,27)20-4/h5-9,15,20,25H,1-4H3,(H,21,23)(H,22,24)/t15-/m0/s1. The van der Waals surface area contributed by atoms with Crippen LogP contribution in [0.1, 0.15) is 32.6 Å². The van der Waals surface area contributed by atoms with E-state index >= 15 is 0 Å². The average Bonchev–Trinajstić information content (AvgIpc) is 3.22. The summed E-state index contributed by atoms with van der Waals surface area (Å²) in [4.78, 5) is -0.393. The van der Waals surface area contributed by atoms with Crippen molar-refractivity contribution in [1.29, 1.82) is 0 Å². The van der Waals surface area contributed by atoms with Gasteiger partial charge in [-0.3, -0.25) is 0 Å². The van der Waals surface area contributed by atoms with Crippen LogP contribution in [0.15, 0.2) is 48.6 Å². The number of amidine groups is 2. The lowest BCUT2D eigenvalue weighted by Gasteiger charge is -2.30. The van der Waals surface area contributed by atoms with Gasteiger partial charge in [0.1, 0.15) is 16.9 Å². The van der Waals surface area contributed by atoms with E-state index in [2.05, 4.69) is 24.2 Å². The minimum Gasteiger partial charge on any atom is -0.504 e. The number of phenolic OH excluding ortho intramolecular Hbond substituents is 1. The van der Waals surface area contributed by atoms with Crippen LogP contribution in [0.5, 0.6) is 5.75 Å². The number of furan rings is 1. The molecule has 1 aliphatic heterocycles. The minimum atomic E-state index is -4.21. The molecular weight excluding hydrogens is 482 g/mol. The van der Waals surface area contributed by atoms with Crippen LogP contribution in [0.3, 0.4) is 0 Å². The molecule has 14 heteroatoms. The Morgan fingerprint density at radius 1 is 1.19 bits per heavy atom. The molecule has 0 unspecified atom stereocenters. The molecule has 0 radical (unpaired) electrons. The van der Waals surface area contributed by atoms with Gasteiger partial charge >= 0.3 is 10.2 Å². The number of hydrogen-bond donors (Lipinski definition) is 4. The molecule has 1 aliphatic rings. The summed E-state index contributed by atoms with van der Waals surface area (Å²) in [7, 11) is -6.97. The average molecular weight is 504 g/mol. The van der Waals surface area contributed by atoms with Crippen LogP contribution in [0.25, 0.3) is 0 Å². The number of sulfonamides is 1. The summed E-state index contributed by atoms with van der Waals surface area (Å²) in [5.41, 5.74) is -0.551. The van der Waals surface area contributed by atoms with Gasteiger partial charge < -0.3 is 20.2 Å². The van der Waals surface area contributed by atoms with Crippen LogP contribution < -0.4 is 15.4 Å². The number of anilines is 1. The molecule has 32 heavy (non-hydrogen) atoms. The molecule has 0 bridgehead atoms. The van der Waals surface area contributed by atoms with Crippen molar-refractivity contribution in [3.8, 4) is 5.75 Å². The fourth-order valence-corrected chi connectivity index (χ4v) is 4.69. The second-order valence-corrected chi connectivity index (χ2v) is 11.5. The summed E-state index contributed by atoms with van der Waals surface area (Å²) >= 11 is 5.97. The quantitative estimate of drug-likeness (QED) is 0.452. The molecule has 2 aromatic rings. The normalized spacial score (nSPS) is 16.9. The number of rotatable bonds is 5. The Morgan fingerprint density at radius 3 is 2.41 bits per heavy atom. The van der Waals surface area contributed by atoms with Crippen molar-refractivity contribution in [3.63, 3.8) is 0 Å². The Kier molecular flexibility index (Phi) is 6.30. The Balaban J connectivity index is 1.98. The van der Waals surface area contributed by atoms with E-state index in [0.29, 0.717) is 10.8 Å². The highest BCUT2D eigenvalue weighted by atomic mass is 35.5. The molecule has 4 N–H and O–H groups in total. The fourth-order valence-electron chi connectivity index (χ4n) is 2.92. The second kappa shape index (κ2) is 8.39. The van der Waals surface area contributed by atoms with Crippen molar-refractivity contribution in [3.05, 3.63) is 41.3 Å². The number of aromatic hydroxyl groups is 1. The molecule has 0 spiro atoms. The van der Waals surface area contributed by atoms with Crippen molar-refractivity contribution in [1.82, 2.24) is 10.0 Å². The highest BCUT2D eigenvalue weighted by Gasteiger charge is 2.34. The Labute approximate surface area is 190 Å². The monoisotopic (exact) mass is 503 g/mol. The number of para-hydroxylation sites is 1. The van der Waals surface area contributed by atoms with Gasteiger partial charge in [0, 0.05) is 6.07 Å². The minimum absolute atomic E-state index is 0.0833. The number of nitrogens with zero attached hydrogens (tertiary/aromatic N) is 2. The SMILES string of the molecule is CNS(=O)(=O)c1cccc(NC2=NS(=O)(=O)N=C2N[C@@H](c2cc(Cl)co2)C(C)(C)C)c1O. The highest BCUT2D eigenvalue weighted by molar-refractivity contribution is 7.90. The molecule has 0 aliphatic carbocycles. The predicted molar refractivity (Wildman–Crippen MR) is 121 cm³/mol. The third kappa shape index (κ3) is 5.06. The second-order valence-electron chi connectivity index (χ2n) is 7.92. The molecule has 11 nitrogen and oxygen atoms in total. The number of phenols is 1. The van der Waals surface area contributed by atoms with Gasteiger partial charge in [0.05, 0.1) is 16.8 Å². The predicted octanol–water partition coefficient (Wildman–Crippen LogP) is 2.39. The zero-order valence-electron chi connectivity index (χ0n) is 17.5. The van der Waals surface area contributed by atoms with Gasteiger partial charge in [-0.1, -0.05) is 38.4 Å². The third-order valence-corrected chi connectivity index (χ3v) is 6.94. The van der Waals surface area contributed by atoms with E-state index in [1.165, 1.54) is 31.5 Å². The molecular formula is C18H22ClN5O6S2. The van der Waals surface area contributed by atoms with Crippen LogP contribution in [0, 0.1) is 5.41 Å². The molecule has 1 aromatic carbocycles. The van der Waals surface area contributed by atoms with E-state index in [1.807, 2.05) is 20.8 Å². The molecule has 0 amide bonds. The smallest absolute Gasteiger partial charge is 0.367 e. The van der Waals surface area contributed by atoms with E-state index in [1.54, 1.807) is 6.07 Å². The zero-order valence-corrected chi connectivity index (χ0v) is 19.9. The molecule has 1 atom stereocenters. The van der Waals surface area contributed by atoms with Gasteiger partial charge in [-0.2, -0.15) is 8.42 Å². The number of nitrogens with one attached hydrogen (secondary N) is 3. The Bertz CT molecular complexity index is 1310. The van der Waals surface area contributed by atoms with Gasteiger partial charge in [-0.25, -0.2) is 13.1 Å². The van der Waals surface area contributed by atoms with E-state index in [-0.39, 0.29) is 17.4 Å². The number of hydrogen-bond acceptors (Lipinski definition) is 8. The summed E-state index contributed by atoms with van der Waals surface area (Å²) in [5, 5.41) is 16.5. The third-order valence-electron chi connectivity index (χ3n) is 4.47. The summed E-state index contributed by atoms with van der Waals surface area (Å²) in [6.07, 6.45) is 1.35. The van der Waals surface area contributed by atoms with E-state index in [9.17, 15) is 21.9 Å². The first-order chi connectivity index (χ1) is 14.7. The van der Waals surface area contributed by atoms with Crippen LogP contribution in [-0.4, -0.2) is 40.7 Å². The topological polar surface area (TPSA) is 162 Å². The van der Waals surface area contributed by atoms with E-state index in [0.717, 1.165) is 0 Å². The van der Waals surface area contributed by atoms with E-state index < -0.39 is 42.3 Å². The molecule has 174 valence electrons. The molecule has 2 heterocycles. The molecule has 1 aromatic heterocycles. The van der Waals surface area contributed by atoms with Gasteiger partial charge in [-0.05, 0) is 24.6 Å². The van der Waals surface area contributed by atoms with E-state index in [4.69, 9.17) is 16.0 Å². The van der Waals surface area contributed by atoms with Crippen molar-refractivity contribution in [2.45, 2.75) is 31.7 Å². The largest absolute Gasteiger partial charge is 0.504 e. The number of halogens is 1. The Morgan fingerprint density at radius 2 is 1.84 bits per heavy atom. The first kappa shape index (κ1) is 24.0. The van der Waals surface area contributed by atoms with Gasteiger partial charge in [0.15, 0.2) is 17.4 Å². The maximum absolute atomic E-state index is 12.1. The highest BCUT2D eigenvalue weighted by Crippen LogP contribution is 2.35. The summed E-state index contributed by atoms with van der Waals surface area (Å²) < 4.78 is 63.2.